The van der Waals surface area contributed by atoms with Gasteiger partial charge in [0.05, 0.1) is 40.9 Å². The summed E-state index contributed by atoms with van der Waals surface area (Å²) < 4.78 is 16.1. The number of aromatic carboxylic acids is 1. The summed E-state index contributed by atoms with van der Waals surface area (Å²) in [4.78, 5) is 26.3. The number of carbonyl (C=O) groups is 1. The van der Waals surface area contributed by atoms with Crippen molar-refractivity contribution >= 4 is 34.6 Å². The van der Waals surface area contributed by atoms with E-state index in [4.69, 9.17) is 16.7 Å². The van der Waals surface area contributed by atoms with Crippen LogP contribution in [0.3, 0.4) is 0 Å². The van der Waals surface area contributed by atoms with Gasteiger partial charge in [0.1, 0.15) is 16.9 Å². The van der Waals surface area contributed by atoms with Gasteiger partial charge in [0, 0.05) is 18.7 Å². The number of hydrogen-bond donors (Lipinski definition) is 1. The van der Waals surface area contributed by atoms with Crippen LogP contribution >= 0.6 is 11.6 Å². The number of hydrogen-bond acceptors (Lipinski definition) is 7. The first-order valence-electron chi connectivity index (χ1n) is 10.4. The molecule has 0 aliphatic carbocycles. The molecule has 3 aromatic heterocycles. The molecule has 1 aliphatic heterocycles. The lowest BCUT2D eigenvalue weighted by Gasteiger charge is -2.31. The first-order chi connectivity index (χ1) is 15.9. The van der Waals surface area contributed by atoms with Crippen molar-refractivity contribution in [2.75, 3.05) is 18.0 Å². The molecule has 9 nitrogen and oxygen atoms in total. The van der Waals surface area contributed by atoms with Gasteiger partial charge in [-0.15, -0.1) is 5.10 Å². The van der Waals surface area contributed by atoms with Gasteiger partial charge in [0.2, 0.25) is 5.95 Å². The lowest BCUT2D eigenvalue weighted by molar-refractivity contribution is 0.0692. The summed E-state index contributed by atoms with van der Waals surface area (Å²) >= 11 is 5.87. The van der Waals surface area contributed by atoms with Gasteiger partial charge in [0.15, 0.2) is 0 Å². The number of halogens is 2. The maximum atomic E-state index is 14.2. The summed E-state index contributed by atoms with van der Waals surface area (Å²) in [5, 5.41) is 18.3. The number of benzene rings is 1. The molecule has 5 rings (SSSR count). The molecular weight excluding hydrogens is 449 g/mol. The quantitative estimate of drug-likeness (QED) is 0.480. The van der Waals surface area contributed by atoms with E-state index in [-0.39, 0.29) is 11.6 Å². The Kier molecular flexibility index (Phi) is 5.37. The molecule has 33 heavy (non-hydrogen) atoms. The third-order valence-electron chi connectivity index (χ3n) is 5.88. The second-order valence-electron chi connectivity index (χ2n) is 7.96. The van der Waals surface area contributed by atoms with Gasteiger partial charge in [-0.2, -0.15) is 0 Å². The molecule has 4 heterocycles. The fourth-order valence-electron chi connectivity index (χ4n) is 4.16. The number of anilines is 1. The topological polar surface area (TPSA) is 110 Å². The Hall–Kier alpha value is -3.66. The highest BCUT2D eigenvalue weighted by molar-refractivity contribution is 6.30. The van der Waals surface area contributed by atoms with Crippen molar-refractivity contribution in [1.82, 2.24) is 29.9 Å². The van der Waals surface area contributed by atoms with Gasteiger partial charge in [-0.1, -0.05) is 16.8 Å². The number of fused-ring (bicyclic) bond motifs is 1. The van der Waals surface area contributed by atoms with Crippen molar-refractivity contribution in [3.05, 3.63) is 58.8 Å². The number of pyridine rings is 1. The van der Waals surface area contributed by atoms with E-state index in [0.717, 1.165) is 31.4 Å². The van der Waals surface area contributed by atoms with Gasteiger partial charge in [-0.3, -0.25) is 4.98 Å². The minimum Gasteiger partial charge on any atom is -0.478 e. The molecule has 0 spiro atoms. The molecule has 0 atom stereocenters. The van der Waals surface area contributed by atoms with Crippen molar-refractivity contribution in [2.45, 2.75) is 25.8 Å². The van der Waals surface area contributed by atoms with Gasteiger partial charge >= 0.3 is 5.97 Å². The van der Waals surface area contributed by atoms with Crippen LogP contribution in [0.2, 0.25) is 5.02 Å². The zero-order valence-corrected chi connectivity index (χ0v) is 18.4. The Balaban J connectivity index is 1.38. The van der Waals surface area contributed by atoms with E-state index in [1.54, 1.807) is 31.6 Å². The number of carboxylic acids is 1. The maximum absolute atomic E-state index is 14.2. The molecule has 1 saturated heterocycles. The highest BCUT2D eigenvalue weighted by Crippen LogP contribution is 2.30. The van der Waals surface area contributed by atoms with Gasteiger partial charge in [0.25, 0.3) is 0 Å². The molecule has 0 saturated carbocycles. The normalized spacial score (nSPS) is 14.7. The van der Waals surface area contributed by atoms with Crippen LogP contribution in [0.15, 0.2) is 36.8 Å². The van der Waals surface area contributed by atoms with E-state index in [1.165, 1.54) is 12.1 Å². The average molecular weight is 468 g/mol. The predicted molar refractivity (Wildman–Crippen MR) is 120 cm³/mol. The van der Waals surface area contributed by atoms with Crippen LogP contribution in [0, 0.1) is 12.7 Å². The molecule has 0 radical (unpaired) electrons. The number of aromatic nitrogens is 6. The van der Waals surface area contributed by atoms with Crippen LogP contribution in [0.1, 0.15) is 34.8 Å². The molecule has 4 aromatic rings. The first-order valence-corrected chi connectivity index (χ1v) is 10.8. The molecule has 168 valence electrons. The molecule has 1 fully saturated rings. The zero-order valence-electron chi connectivity index (χ0n) is 17.6. The number of nitrogens with zero attached hydrogens (tertiary/aromatic N) is 7. The van der Waals surface area contributed by atoms with Crippen LogP contribution in [-0.4, -0.2) is 54.1 Å². The van der Waals surface area contributed by atoms with Gasteiger partial charge in [-0.25, -0.2) is 23.8 Å². The van der Waals surface area contributed by atoms with E-state index >= 15 is 0 Å². The molecule has 0 unspecified atom stereocenters. The smallest absolute Gasteiger partial charge is 0.338 e. The van der Waals surface area contributed by atoms with E-state index in [0.29, 0.717) is 33.3 Å². The molecule has 0 amide bonds. The van der Waals surface area contributed by atoms with Crippen molar-refractivity contribution in [3.63, 3.8) is 0 Å². The fraction of sp³-hybridized carbons (Fsp3) is 0.273. The number of carboxylic acid groups (broad SMARTS) is 1. The largest absolute Gasteiger partial charge is 0.478 e. The van der Waals surface area contributed by atoms with Crippen molar-refractivity contribution in [2.24, 2.45) is 0 Å². The maximum Gasteiger partial charge on any atom is 0.338 e. The summed E-state index contributed by atoms with van der Waals surface area (Å²) in [5.41, 5.74) is 2.72. The van der Waals surface area contributed by atoms with Crippen LogP contribution in [0.4, 0.5) is 10.3 Å². The Bertz CT molecular complexity index is 1350. The Morgan fingerprint density at radius 2 is 1.85 bits per heavy atom. The van der Waals surface area contributed by atoms with Crippen LogP contribution in [0.5, 0.6) is 0 Å². The average Bonchev–Trinajstić information content (AvgIpc) is 3.24. The van der Waals surface area contributed by atoms with Crippen LogP contribution in [-0.2, 0) is 0 Å². The summed E-state index contributed by atoms with van der Waals surface area (Å²) in [6.45, 7) is 3.27. The van der Waals surface area contributed by atoms with E-state index in [9.17, 15) is 9.18 Å². The molecule has 1 aliphatic rings. The minimum absolute atomic E-state index is 0.153. The summed E-state index contributed by atoms with van der Waals surface area (Å²) in [5.74, 6) is -1.45. The molecule has 11 heteroatoms. The summed E-state index contributed by atoms with van der Waals surface area (Å²) in [6.07, 6.45) is 6.54. The SMILES string of the molecule is Cc1cc(C(=O)O)c(F)cc1-c1cc2nnn(C3CCN(c4ncc(Cl)cn4)CC3)c2cn1. The molecule has 1 N–H and O–H groups in total. The second-order valence-corrected chi connectivity index (χ2v) is 8.40. The van der Waals surface area contributed by atoms with E-state index in [1.807, 2.05) is 4.68 Å². The van der Waals surface area contributed by atoms with Crippen molar-refractivity contribution in [3.8, 4) is 11.3 Å². The summed E-state index contributed by atoms with van der Waals surface area (Å²) in [7, 11) is 0. The number of piperidine rings is 1. The zero-order chi connectivity index (χ0) is 23.1. The van der Waals surface area contributed by atoms with Crippen LogP contribution < -0.4 is 4.90 Å². The predicted octanol–water partition coefficient (Wildman–Crippen LogP) is 3.92. The Morgan fingerprint density at radius 3 is 2.55 bits per heavy atom. The standard InChI is InChI=1S/C22H19ClFN7O2/c1-12-6-16(21(32)33)17(24)7-15(12)18-8-19-20(11-25-18)31(29-28-19)14-2-4-30(5-3-14)22-26-9-13(23)10-27-22/h6-11,14H,2-5H2,1H3,(H,32,33). The summed E-state index contributed by atoms with van der Waals surface area (Å²) in [6, 6.07) is 4.41. The van der Waals surface area contributed by atoms with Gasteiger partial charge < -0.3 is 10.0 Å². The first kappa shape index (κ1) is 21.2. The fourth-order valence-corrected chi connectivity index (χ4v) is 4.25. The number of aryl methyl sites for hydroxylation is 1. The Morgan fingerprint density at radius 1 is 1.12 bits per heavy atom. The highest BCUT2D eigenvalue weighted by Gasteiger charge is 2.25. The minimum atomic E-state index is -1.30. The van der Waals surface area contributed by atoms with E-state index in [2.05, 4.69) is 30.2 Å². The highest BCUT2D eigenvalue weighted by atomic mass is 35.5. The van der Waals surface area contributed by atoms with Crippen LogP contribution in [0.25, 0.3) is 22.3 Å². The van der Waals surface area contributed by atoms with E-state index < -0.39 is 11.8 Å². The Labute approximate surface area is 192 Å². The van der Waals surface area contributed by atoms with Gasteiger partial charge in [-0.05, 0) is 43.5 Å². The molecular formula is C22H19ClFN7O2. The van der Waals surface area contributed by atoms with Crippen molar-refractivity contribution < 1.29 is 14.3 Å². The third-order valence-corrected chi connectivity index (χ3v) is 6.07. The monoisotopic (exact) mass is 467 g/mol. The lowest BCUT2D eigenvalue weighted by Crippen LogP contribution is -2.36. The van der Waals surface area contributed by atoms with Crippen molar-refractivity contribution in [1.29, 1.82) is 0 Å². The third kappa shape index (κ3) is 3.97. The lowest BCUT2D eigenvalue weighted by atomic mass is 10.0. The molecule has 0 bridgehead atoms. The number of rotatable bonds is 4. The second kappa shape index (κ2) is 8.36. The molecule has 1 aromatic carbocycles.